The van der Waals surface area contributed by atoms with Crippen LogP contribution >= 0.6 is 0 Å². The summed E-state index contributed by atoms with van der Waals surface area (Å²) in [7, 11) is 0. The minimum absolute atomic E-state index is 0.300. The molecule has 1 N–H and O–H groups in total. The van der Waals surface area contributed by atoms with Gasteiger partial charge in [0, 0.05) is 26.1 Å². The van der Waals surface area contributed by atoms with E-state index >= 15 is 0 Å². The van der Waals surface area contributed by atoms with Gasteiger partial charge in [-0.1, -0.05) is 23.4 Å². The highest BCUT2D eigenvalue weighted by molar-refractivity contribution is 5.60. The van der Waals surface area contributed by atoms with Gasteiger partial charge in [0.15, 0.2) is 5.82 Å². The Morgan fingerprint density at radius 2 is 2.21 bits per heavy atom. The van der Waals surface area contributed by atoms with Gasteiger partial charge in [0.05, 0.1) is 24.5 Å². The van der Waals surface area contributed by atoms with Crippen molar-refractivity contribution in [3.63, 3.8) is 0 Å². The predicted molar refractivity (Wildman–Crippen MR) is 88.7 cm³/mol. The topological polar surface area (TPSA) is 50.5 Å². The predicted octanol–water partition coefficient (Wildman–Crippen LogP) is 3.26. The number of aromatic nitrogens is 1. The molecule has 5 nitrogen and oxygen atoms in total. The first-order valence-corrected chi connectivity index (χ1v) is 8.26. The van der Waals surface area contributed by atoms with Crippen molar-refractivity contribution in [1.29, 1.82) is 0 Å². The first kappa shape index (κ1) is 15.4. The Bertz CT molecular complexity index is 756. The second-order valence-electron chi connectivity index (χ2n) is 6.20. The molecule has 1 aromatic carbocycles. The van der Waals surface area contributed by atoms with Gasteiger partial charge in [0.2, 0.25) is 0 Å². The normalized spacial score (nSPS) is 18.1. The van der Waals surface area contributed by atoms with Gasteiger partial charge in [-0.15, -0.1) is 0 Å². The van der Waals surface area contributed by atoms with E-state index in [1.165, 1.54) is 11.6 Å². The van der Waals surface area contributed by atoms with Crippen molar-refractivity contribution >= 4 is 11.5 Å². The molecule has 0 radical (unpaired) electrons. The third-order valence-electron chi connectivity index (χ3n) is 4.44. The molecule has 0 aliphatic carbocycles. The van der Waals surface area contributed by atoms with Gasteiger partial charge in [-0.2, -0.15) is 0 Å². The molecule has 2 aromatic rings. The molecule has 6 heteroatoms. The van der Waals surface area contributed by atoms with Crippen LogP contribution in [0.4, 0.5) is 15.9 Å². The summed E-state index contributed by atoms with van der Waals surface area (Å²) in [5, 5.41) is 7.16. The molecule has 0 saturated heterocycles. The van der Waals surface area contributed by atoms with E-state index in [1.807, 2.05) is 0 Å². The van der Waals surface area contributed by atoms with Crippen molar-refractivity contribution in [3.05, 3.63) is 53.1 Å². The molecule has 2 aliphatic rings. The fraction of sp³-hybridized carbons (Fsp3) is 0.389. The highest BCUT2D eigenvalue weighted by atomic mass is 19.1. The lowest BCUT2D eigenvalue weighted by Gasteiger charge is -2.28. The summed E-state index contributed by atoms with van der Waals surface area (Å²) < 4.78 is 24.8. The molecular formula is C18H20FN3O2. The summed E-state index contributed by atoms with van der Waals surface area (Å²) >= 11 is 0. The fourth-order valence-corrected chi connectivity index (χ4v) is 3.19. The van der Waals surface area contributed by atoms with Crippen LogP contribution < -0.4 is 5.32 Å². The van der Waals surface area contributed by atoms with Crippen LogP contribution in [0.1, 0.15) is 17.7 Å². The van der Waals surface area contributed by atoms with Crippen LogP contribution in [0.15, 0.2) is 40.4 Å². The van der Waals surface area contributed by atoms with Crippen molar-refractivity contribution in [2.24, 2.45) is 0 Å². The average Bonchev–Trinajstić information content (AvgIpc) is 3.00. The SMILES string of the molecule is Fc1ccccc1Nc1noc2c1CN(CC1=CCCOC1)CC2. The van der Waals surface area contributed by atoms with E-state index in [0.29, 0.717) is 18.1 Å². The second-order valence-corrected chi connectivity index (χ2v) is 6.20. The molecule has 1 aromatic heterocycles. The minimum atomic E-state index is -0.300. The first-order chi connectivity index (χ1) is 11.8. The van der Waals surface area contributed by atoms with Crippen LogP contribution in [0.5, 0.6) is 0 Å². The monoisotopic (exact) mass is 329 g/mol. The lowest BCUT2D eigenvalue weighted by molar-refractivity contribution is 0.139. The van der Waals surface area contributed by atoms with Crippen LogP contribution in [0.25, 0.3) is 0 Å². The number of halogens is 1. The number of nitrogens with zero attached hydrogens (tertiary/aromatic N) is 2. The maximum Gasteiger partial charge on any atom is 0.178 e. The van der Waals surface area contributed by atoms with E-state index < -0.39 is 0 Å². The number of nitrogens with one attached hydrogen (secondary N) is 1. The van der Waals surface area contributed by atoms with Gasteiger partial charge < -0.3 is 14.6 Å². The number of fused-ring (bicyclic) bond motifs is 1. The van der Waals surface area contributed by atoms with Gasteiger partial charge >= 0.3 is 0 Å². The summed E-state index contributed by atoms with van der Waals surface area (Å²) in [4.78, 5) is 2.35. The highest BCUT2D eigenvalue weighted by Crippen LogP contribution is 2.29. The number of para-hydroxylation sites is 1. The van der Waals surface area contributed by atoms with Crippen LogP contribution in [-0.2, 0) is 17.7 Å². The number of hydrogen-bond donors (Lipinski definition) is 1. The molecular weight excluding hydrogens is 309 g/mol. The molecule has 0 amide bonds. The summed E-state index contributed by atoms with van der Waals surface area (Å²) in [5.41, 5.74) is 2.75. The zero-order valence-corrected chi connectivity index (χ0v) is 13.4. The molecule has 0 bridgehead atoms. The molecule has 0 unspecified atom stereocenters. The Kier molecular flexibility index (Phi) is 4.32. The van der Waals surface area contributed by atoms with E-state index in [1.54, 1.807) is 18.2 Å². The van der Waals surface area contributed by atoms with Crippen LogP contribution in [-0.4, -0.2) is 36.4 Å². The summed E-state index contributed by atoms with van der Waals surface area (Å²) in [6.07, 6.45) is 4.07. The summed E-state index contributed by atoms with van der Waals surface area (Å²) in [6, 6.07) is 6.58. The highest BCUT2D eigenvalue weighted by Gasteiger charge is 2.25. The van der Waals surface area contributed by atoms with Crippen LogP contribution in [0.3, 0.4) is 0 Å². The third-order valence-corrected chi connectivity index (χ3v) is 4.44. The standard InChI is InChI=1S/C18H20FN3O2/c19-15-5-1-2-6-16(15)20-18-14-11-22(8-7-17(14)24-21-18)10-13-4-3-9-23-12-13/h1-2,4-6H,3,7-12H2,(H,20,21). The van der Waals surface area contributed by atoms with Gasteiger partial charge in [0.1, 0.15) is 11.6 Å². The molecule has 2 aliphatic heterocycles. The Balaban J connectivity index is 1.49. The molecule has 0 saturated carbocycles. The summed E-state index contributed by atoms with van der Waals surface area (Å²) in [5.74, 6) is 1.19. The van der Waals surface area contributed by atoms with E-state index in [2.05, 4.69) is 21.4 Å². The van der Waals surface area contributed by atoms with Crippen molar-refractivity contribution in [2.75, 3.05) is 31.6 Å². The lowest BCUT2D eigenvalue weighted by atomic mass is 10.1. The molecule has 0 spiro atoms. The molecule has 126 valence electrons. The van der Waals surface area contributed by atoms with Gasteiger partial charge in [-0.05, 0) is 24.1 Å². The first-order valence-electron chi connectivity index (χ1n) is 8.26. The van der Waals surface area contributed by atoms with E-state index in [0.717, 1.165) is 50.4 Å². The van der Waals surface area contributed by atoms with E-state index in [9.17, 15) is 4.39 Å². The van der Waals surface area contributed by atoms with Gasteiger partial charge in [-0.3, -0.25) is 4.90 Å². The van der Waals surface area contributed by atoms with Crippen molar-refractivity contribution < 1.29 is 13.7 Å². The number of anilines is 2. The van der Waals surface area contributed by atoms with Crippen LogP contribution in [0.2, 0.25) is 0 Å². The lowest BCUT2D eigenvalue weighted by Crippen LogP contribution is -2.33. The summed E-state index contributed by atoms with van der Waals surface area (Å²) in [6.45, 7) is 4.10. The number of hydrogen-bond acceptors (Lipinski definition) is 5. The average molecular weight is 329 g/mol. The van der Waals surface area contributed by atoms with Crippen molar-refractivity contribution in [3.8, 4) is 0 Å². The smallest absolute Gasteiger partial charge is 0.178 e. The Morgan fingerprint density at radius 1 is 1.29 bits per heavy atom. The number of ether oxygens (including phenoxy) is 1. The molecule has 24 heavy (non-hydrogen) atoms. The van der Waals surface area contributed by atoms with E-state index in [-0.39, 0.29) is 5.82 Å². The minimum Gasteiger partial charge on any atom is -0.377 e. The Hall–Kier alpha value is -2.18. The maximum atomic E-state index is 13.8. The third kappa shape index (κ3) is 3.20. The number of benzene rings is 1. The van der Waals surface area contributed by atoms with Crippen molar-refractivity contribution in [1.82, 2.24) is 10.1 Å². The zero-order chi connectivity index (χ0) is 16.4. The van der Waals surface area contributed by atoms with Crippen LogP contribution in [0, 0.1) is 5.82 Å². The quantitative estimate of drug-likeness (QED) is 0.873. The molecule has 0 fully saturated rings. The van der Waals surface area contributed by atoms with Gasteiger partial charge in [-0.25, -0.2) is 4.39 Å². The second kappa shape index (κ2) is 6.75. The number of rotatable bonds is 4. The van der Waals surface area contributed by atoms with Crippen molar-refractivity contribution in [2.45, 2.75) is 19.4 Å². The Labute approximate surface area is 140 Å². The maximum absolute atomic E-state index is 13.8. The van der Waals surface area contributed by atoms with E-state index in [4.69, 9.17) is 9.26 Å². The van der Waals surface area contributed by atoms with Gasteiger partial charge in [0.25, 0.3) is 0 Å². The largest absolute Gasteiger partial charge is 0.377 e. The fourth-order valence-electron chi connectivity index (χ4n) is 3.19. The molecule has 0 atom stereocenters. The molecule has 3 heterocycles. The zero-order valence-electron chi connectivity index (χ0n) is 13.4. The molecule has 4 rings (SSSR count). The Morgan fingerprint density at radius 3 is 3.04 bits per heavy atom.